The largest absolute Gasteiger partial charge is 0.382 e. The summed E-state index contributed by atoms with van der Waals surface area (Å²) in [5.41, 5.74) is 4.09. The molecule has 0 saturated heterocycles. The quantitative estimate of drug-likeness (QED) is 0.458. The van der Waals surface area contributed by atoms with Crippen LogP contribution in [0.15, 0.2) is 11.1 Å². The van der Waals surface area contributed by atoms with E-state index in [4.69, 9.17) is 18.9 Å². The molecule has 124 valence electrons. The number of rotatable bonds is 10. The van der Waals surface area contributed by atoms with Crippen molar-refractivity contribution in [3.05, 3.63) is 11.1 Å². The van der Waals surface area contributed by atoms with Crippen molar-refractivity contribution >= 4 is 0 Å². The Labute approximate surface area is 133 Å². The summed E-state index contributed by atoms with van der Waals surface area (Å²) in [5, 5.41) is 0. The lowest BCUT2D eigenvalue weighted by Crippen LogP contribution is -2.39. The summed E-state index contributed by atoms with van der Waals surface area (Å²) < 4.78 is 22.1. The third-order valence-electron chi connectivity index (χ3n) is 6.85. The van der Waals surface area contributed by atoms with E-state index in [0.717, 1.165) is 36.9 Å². The fourth-order valence-electron chi connectivity index (χ4n) is 6.26. The molecule has 6 atom stereocenters. The summed E-state index contributed by atoms with van der Waals surface area (Å²) in [6.07, 6.45) is 0. The van der Waals surface area contributed by atoms with Crippen LogP contribution in [0.2, 0.25) is 0 Å². The standard InChI is InChI=1S/C18H28O4/c1-11(2)12-13-15-16-14(12)18(16,10-22-8-6-20-4)17(13,15)9-21-7-5-19-3/h13-16H,5-10H2,1-4H3/t13-,14+,15-,16-,17-,18-/m1/s1. The van der Waals surface area contributed by atoms with Gasteiger partial charge in [-0.25, -0.2) is 0 Å². The molecule has 0 aliphatic heterocycles. The monoisotopic (exact) mass is 308 g/mol. The molecule has 0 N–H and O–H groups in total. The minimum Gasteiger partial charge on any atom is -0.382 e. The molecule has 0 amide bonds. The van der Waals surface area contributed by atoms with Gasteiger partial charge in [0.1, 0.15) is 0 Å². The Kier molecular flexibility index (Phi) is 3.46. The number of hydrogen-bond acceptors (Lipinski definition) is 4. The van der Waals surface area contributed by atoms with Crippen LogP contribution in [0.1, 0.15) is 13.8 Å². The highest BCUT2D eigenvalue weighted by Gasteiger charge is 3.05. The Morgan fingerprint density at radius 3 is 1.64 bits per heavy atom. The fourth-order valence-corrected chi connectivity index (χ4v) is 6.26. The highest BCUT2D eigenvalue weighted by Crippen LogP contribution is 3.06. The second kappa shape index (κ2) is 5.04. The lowest BCUT2D eigenvalue weighted by molar-refractivity contribution is -0.0528. The van der Waals surface area contributed by atoms with Gasteiger partial charge in [0, 0.05) is 25.0 Å². The summed E-state index contributed by atoms with van der Waals surface area (Å²) in [6.45, 7) is 9.13. The maximum atomic E-state index is 5.97. The first kappa shape index (κ1) is 15.1. The predicted octanol–water partition coefficient (Wildman–Crippen LogP) is 2.14. The molecule has 5 fully saturated rings. The molecule has 0 unspecified atom stereocenters. The number of hydrogen-bond donors (Lipinski definition) is 0. The lowest BCUT2D eigenvalue weighted by Gasteiger charge is -2.36. The van der Waals surface area contributed by atoms with Gasteiger partial charge in [-0.2, -0.15) is 0 Å². The van der Waals surface area contributed by atoms with Gasteiger partial charge in [0.15, 0.2) is 0 Å². The zero-order valence-corrected chi connectivity index (χ0v) is 14.2. The van der Waals surface area contributed by atoms with Crippen molar-refractivity contribution in [2.75, 3.05) is 53.9 Å². The molecule has 4 heteroatoms. The smallest absolute Gasteiger partial charge is 0.0700 e. The molecule has 0 aromatic heterocycles. The van der Waals surface area contributed by atoms with E-state index in [1.165, 1.54) is 5.57 Å². The van der Waals surface area contributed by atoms with E-state index in [1.54, 1.807) is 19.8 Å². The average Bonchev–Trinajstić information content (AvgIpc) is 3.16. The molecule has 5 aliphatic carbocycles. The van der Waals surface area contributed by atoms with Crippen LogP contribution in [0.3, 0.4) is 0 Å². The van der Waals surface area contributed by atoms with E-state index >= 15 is 0 Å². The van der Waals surface area contributed by atoms with Crippen LogP contribution in [-0.4, -0.2) is 53.9 Å². The first-order valence-electron chi connectivity index (χ1n) is 8.49. The Hall–Kier alpha value is -0.420. The topological polar surface area (TPSA) is 36.9 Å². The number of ether oxygens (including phenoxy) is 4. The maximum Gasteiger partial charge on any atom is 0.0700 e. The molecule has 0 aromatic carbocycles. The first-order valence-corrected chi connectivity index (χ1v) is 8.49. The predicted molar refractivity (Wildman–Crippen MR) is 82.6 cm³/mol. The molecule has 0 spiro atoms. The normalized spacial score (nSPS) is 45.5. The van der Waals surface area contributed by atoms with Crippen molar-refractivity contribution in [1.82, 2.24) is 0 Å². The second-order valence-electron chi connectivity index (χ2n) is 7.63. The molecule has 22 heavy (non-hydrogen) atoms. The van der Waals surface area contributed by atoms with Crippen LogP contribution in [0.5, 0.6) is 0 Å². The summed E-state index contributed by atoms with van der Waals surface area (Å²) in [4.78, 5) is 0. The van der Waals surface area contributed by atoms with Gasteiger partial charge in [-0.05, 0) is 37.5 Å². The van der Waals surface area contributed by atoms with Crippen LogP contribution in [0, 0.1) is 34.5 Å². The third kappa shape index (κ3) is 1.52. The SMILES string of the molecule is COCCOC[C@]12[C@H]3[C@H]4[C@H](C(=C(C)C)[C@H]31)[C@]42COCCOC. The highest BCUT2D eigenvalue weighted by atomic mass is 16.5. The summed E-state index contributed by atoms with van der Waals surface area (Å²) in [5.74, 6) is 3.36. The number of methoxy groups -OCH3 is 2. The van der Waals surface area contributed by atoms with Crippen LogP contribution in [-0.2, 0) is 18.9 Å². The molecule has 5 saturated carbocycles. The van der Waals surface area contributed by atoms with E-state index in [9.17, 15) is 0 Å². The zero-order valence-electron chi connectivity index (χ0n) is 14.2. The lowest BCUT2D eigenvalue weighted by atomic mass is 9.73. The number of allylic oxidation sites excluding steroid dienone is 2. The Bertz CT molecular complexity index is 459. The minimum atomic E-state index is 0.399. The Morgan fingerprint density at radius 1 is 0.818 bits per heavy atom. The van der Waals surface area contributed by atoms with Crippen LogP contribution in [0.25, 0.3) is 0 Å². The van der Waals surface area contributed by atoms with Crippen LogP contribution in [0.4, 0.5) is 0 Å². The van der Waals surface area contributed by atoms with Crippen LogP contribution < -0.4 is 0 Å². The van der Waals surface area contributed by atoms with Crippen molar-refractivity contribution in [2.45, 2.75) is 13.8 Å². The second-order valence-corrected chi connectivity index (χ2v) is 7.63. The van der Waals surface area contributed by atoms with E-state index in [2.05, 4.69) is 13.8 Å². The minimum absolute atomic E-state index is 0.399. The first-order chi connectivity index (χ1) is 10.7. The zero-order chi connectivity index (χ0) is 15.5. The maximum absolute atomic E-state index is 5.97. The van der Waals surface area contributed by atoms with Gasteiger partial charge in [0.2, 0.25) is 0 Å². The van der Waals surface area contributed by atoms with Gasteiger partial charge in [-0.1, -0.05) is 11.1 Å². The van der Waals surface area contributed by atoms with E-state index in [1.807, 2.05) is 0 Å². The summed E-state index contributed by atoms with van der Waals surface area (Å²) in [6, 6.07) is 0. The van der Waals surface area contributed by atoms with Gasteiger partial charge in [0.25, 0.3) is 0 Å². The molecule has 5 aliphatic rings. The molecule has 4 nitrogen and oxygen atoms in total. The van der Waals surface area contributed by atoms with Crippen molar-refractivity contribution in [1.29, 1.82) is 0 Å². The molecule has 2 bridgehead atoms. The van der Waals surface area contributed by atoms with Crippen molar-refractivity contribution in [2.24, 2.45) is 34.5 Å². The Balaban J connectivity index is 1.44. The van der Waals surface area contributed by atoms with Crippen LogP contribution >= 0.6 is 0 Å². The molecule has 5 rings (SSSR count). The third-order valence-corrected chi connectivity index (χ3v) is 6.85. The van der Waals surface area contributed by atoms with Gasteiger partial charge < -0.3 is 18.9 Å². The van der Waals surface area contributed by atoms with Gasteiger partial charge in [0.05, 0.1) is 39.6 Å². The van der Waals surface area contributed by atoms with E-state index in [0.29, 0.717) is 37.3 Å². The van der Waals surface area contributed by atoms with Crippen molar-refractivity contribution in [3.63, 3.8) is 0 Å². The highest BCUT2D eigenvalue weighted by molar-refractivity contribution is 5.62. The molecule has 0 heterocycles. The average molecular weight is 308 g/mol. The molecular weight excluding hydrogens is 280 g/mol. The van der Waals surface area contributed by atoms with Gasteiger partial charge in [-0.3, -0.25) is 0 Å². The van der Waals surface area contributed by atoms with E-state index in [-0.39, 0.29) is 0 Å². The van der Waals surface area contributed by atoms with Crippen molar-refractivity contribution in [3.8, 4) is 0 Å². The molecule has 0 radical (unpaired) electrons. The Morgan fingerprint density at radius 2 is 1.27 bits per heavy atom. The van der Waals surface area contributed by atoms with E-state index < -0.39 is 0 Å². The summed E-state index contributed by atoms with van der Waals surface area (Å²) in [7, 11) is 3.45. The summed E-state index contributed by atoms with van der Waals surface area (Å²) >= 11 is 0. The van der Waals surface area contributed by atoms with Gasteiger partial charge in [-0.15, -0.1) is 0 Å². The fraction of sp³-hybridized carbons (Fsp3) is 0.889. The molecule has 0 aromatic rings. The molecular formula is C18H28O4. The van der Waals surface area contributed by atoms with Gasteiger partial charge >= 0.3 is 0 Å². The van der Waals surface area contributed by atoms with Crippen molar-refractivity contribution < 1.29 is 18.9 Å².